The Morgan fingerprint density at radius 3 is 2.79 bits per heavy atom. The zero-order valence-corrected chi connectivity index (χ0v) is 16.1. The summed E-state index contributed by atoms with van der Waals surface area (Å²) < 4.78 is 1.87. The molecule has 1 aromatic carbocycles. The third-order valence-corrected chi connectivity index (χ3v) is 4.79. The summed E-state index contributed by atoms with van der Waals surface area (Å²) in [5, 5.41) is 0.613. The monoisotopic (exact) mass is 392 g/mol. The molecule has 0 fully saturated rings. The van der Waals surface area contributed by atoms with Crippen LogP contribution in [0.25, 0.3) is 22.6 Å². The Balaban J connectivity index is 1.66. The number of hydrogen-bond acceptors (Lipinski definition) is 5. The molecule has 0 spiro atoms. The molecule has 0 bridgehead atoms. The van der Waals surface area contributed by atoms with E-state index in [0.29, 0.717) is 34.1 Å². The van der Waals surface area contributed by atoms with Gasteiger partial charge in [0.25, 0.3) is 5.91 Å². The summed E-state index contributed by atoms with van der Waals surface area (Å²) in [7, 11) is 3.60. The minimum absolute atomic E-state index is 0.155. The summed E-state index contributed by atoms with van der Waals surface area (Å²) in [6.45, 7) is 0.381. The molecule has 4 aromatic rings. The van der Waals surface area contributed by atoms with Crippen molar-refractivity contribution in [2.24, 2.45) is 7.05 Å². The Labute approximate surface area is 166 Å². The molecular weight excluding hydrogens is 376 g/mol. The van der Waals surface area contributed by atoms with Crippen molar-refractivity contribution >= 4 is 28.7 Å². The number of amides is 1. The molecule has 4 rings (SSSR count). The quantitative estimate of drug-likeness (QED) is 0.532. The van der Waals surface area contributed by atoms with Crippen LogP contribution in [0.3, 0.4) is 0 Å². The topological polar surface area (TPSA) is 76.8 Å². The molecule has 7 nitrogen and oxygen atoms in total. The Morgan fingerprint density at radius 1 is 1.21 bits per heavy atom. The van der Waals surface area contributed by atoms with Crippen LogP contribution in [0.1, 0.15) is 16.1 Å². The van der Waals surface area contributed by atoms with Gasteiger partial charge in [0.2, 0.25) is 0 Å². The van der Waals surface area contributed by atoms with Crippen molar-refractivity contribution in [3.05, 3.63) is 71.4 Å². The van der Waals surface area contributed by atoms with E-state index in [4.69, 9.17) is 11.6 Å². The van der Waals surface area contributed by atoms with E-state index in [1.807, 2.05) is 35.9 Å². The first-order chi connectivity index (χ1) is 13.5. The molecule has 28 heavy (non-hydrogen) atoms. The predicted molar refractivity (Wildman–Crippen MR) is 107 cm³/mol. The summed E-state index contributed by atoms with van der Waals surface area (Å²) in [6.07, 6.45) is 4.68. The number of pyridine rings is 1. The molecule has 0 N–H and O–H groups in total. The fourth-order valence-electron chi connectivity index (χ4n) is 3.02. The zero-order chi connectivity index (χ0) is 19.7. The van der Waals surface area contributed by atoms with Gasteiger partial charge in [-0.2, -0.15) is 0 Å². The average Bonchev–Trinajstić information content (AvgIpc) is 3.04. The highest BCUT2D eigenvalue weighted by Crippen LogP contribution is 2.29. The van der Waals surface area contributed by atoms with E-state index < -0.39 is 0 Å². The van der Waals surface area contributed by atoms with Crippen molar-refractivity contribution in [2.45, 2.75) is 6.54 Å². The van der Waals surface area contributed by atoms with Crippen molar-refractivity contribution < 1.29 is 4.79 Å². The lowest BCUT2D eigenvalue weighted by molar-refractivity contribution is 0.0783. The minimum atomic E-state index is -0.155. The predicted octanol–water partition coefficient (Wildman–Crippen LogP) is 3.35. The fourth-order valence-corrected chi connectivity index (χ4v) is 3.24. The summed E-state index contributed by atoms with van der Waals surface area (Å²) in [6, 6.07) is 11.0. The van der Waals surface area contributed by atoms with Gasteiger partial charge < -0.3 is 9.47 Å². The molecular formula is C20H17ClN6O. The van der Waals surface area contributed by atoms with Gasteiger partial charge in [0.1, 0.15) is 17.7 Å². The third-order valence-electron chi connectivity index (χ3n) is 4.46. The van der Waals surface area contributed by atoms with Crippen molar-refractivity contribution in [3.63, 3.8) is 0 Å². The minimum Gasteiger partial charge on any atom is -0.336 e. The second-order valence-electron chi connectivity index (χ2n) is 6.40. The van der Waals surface area contributed by atoms with Crippen molar-refractivity contribution in [1.82, 2.24) is 29.4 Å². The van der Waals surface area contributed by atoms with E-state index in [2.05, 4.69) is 19.9 Å². The largest absolute Gasteiger partial charge is 0.336 e. The number of rotatable bonds is 4. The number of imidazole rings is 1. The van der Waals surface area contributed by atoms with Crippen molar-refractivity contribution in [3.8, 4) is 11.4 Å². The van der Waals surface area contributed by atoms with Crippen LogP contribution in [0, 0.1) is 0 Å². The summed E-state index contributed by atoms with van der Waals surface area (Å²) >= 11 is 6.31. The summed E-state index contributed by atoms with van der Waals surface area (Å²) in [4.78, 5) is 31.5. The van der Waals surface area contributed by atoms with E-state index >= 15 is 0 Å². The number of hydrogen-bond donors (Lipinski definition) is 0. The van der Waals surface area contributed by atoms with Crippen LogP contribution >= 0.6 is 11.6 Å². The highest BCUT2D eigenvalue weighted by atomic mass is 35.5. The normalized spacial score (nSPS) is 11.0. The number of aryl methyl sites for hydroxylation is 1. The molecule has 0 saturated heterocycles. The fraction of sp³-hybridized carbons (Fsp3) is 0.150. The van der Waals surface area contributed by atoms with Crippen molar-refractivity contribution in [2.75, 3.05) is 7.05 Å². The van der Waals surface area contributed by atoms with Crippen LogP contribution in [0.5, 0.6) is 0 Å². The Bertz CT molecular complexity index is 1160. The summed E-state index contributed by atoms with van der Waals surface area (Å²) in [5.74, 6) is 0.546. The van der Waals surface area contributed by atoms with Crippen LogP contribution < -0.4 is 0 Å². The maximum absolute atomic E-state index is 12.8. The van der Waals surface area contributed by atoms with Gasteiger partial charge in [-0.1, -0.05) is 23.7 Å². The maximum Gasteiger partial charge on any atom is 0.255 e. The first-order valence-corrected chi connectivity index (χ1v) is 9.00. The highest BCUT2D eigenvalue weighted by molar-refractivity contribution is 6.33. The van der Waals surface area contributed by atoms with Gasteiger partial charge in [0.05, 0.1) is 22.8 Å². The number of carbonyl (C=O) groups excluding carboxylic acids is 1. The van der Waals surface area contributed by atoms with Gasteiger partial charge in [-0.25, -0.2) is 19.9 Å². The lowest BCUT2D eigenvalue weighted by Crippen LogP contribution is -2.26. The van der Waals surface area contributed by atoms with E-state index in [1.165, 1.54) is 6.33 Å². The Kier molecular flexibility index (Phi) is 4.75. The molecule has 0 aliphatic heterocycles. The Morgan fingerprint density at radius 2 is 2.04 bits per heavy atom. The second kappa shape index (κ2) is 7.36. The first kappa shape index (κ1) is 18.1. The van der Waals surface area contributed by atoms with Gasteiger partial charge in [-0.05, 0) is 24.3 Å². The maximum atomic E-state index is 12.8. The number of benzene rings is 1. The van der Waals surface area contributed by atoms with Gasteiger partial charge in [-0.3, -0.25) is 4.79 Å². The molecule has 0 atom stereocenters. The van der Waals surface area contributed by atoms with Gasteiger partial charge in [0.15, 0.2) is 5.65 Å². The van der Waals surface area contributed by atoms with Gasteiger partial charge >= 0.3 is 0 Å². The van der Waals surface area contributed by atoms with Crippen LogP contribution in [-0.4, -0.2) is 42.4 Å². The summed E-state index contributed by atoms with van der Waals surface area (Å²) in [5.41, 5.74) is 3.37. The Hall–Kier alpha value is -3.32. The van der Waals surface area contributed by atoms with Crippen LogP contribution in [0.4, 0.5) is 0 Å². The van der Waals surface area contributed by atoms with Crippen LogP contribution in [0.2, 0.25) is 5.02 Å². The molecule has 3 aromatic heterocycles. The van der Waals surface area contributed by atoms with E-state index in [9.17, 15) is 4.79 Å². The van der Waals surface area contributed by atoms with E-state index in [0.717, 1.165) is 11.3 Å². The number of fused-ring (bicyclic) bond motifs is 1. The van der Waals surface area contributed by atoms with Crippen molar-refractivity contribution in [1.29, 1.82) is 0 Å². The average molecular weight is 393 g/mol. The molecule has 0 aliphatic carbocycles. The molecule has 140 valence electrons. The molecule has 1 amide bonds. The molecule has 8 heteroatoms. The zero-order valence-electron chi connectivity index (χ0n) is 15.4. The number of nitrogens with zero attached hydrogens (tertiary/aromatic N) is 6. The number of carbonyl (C=O) groups is 1. The molecule has 0 radical (unpaired) electrons. The molecule has 0 unspecified atom stereocenters. The van der Waals surface area contributed by atoms with E-state index in [-0.39, 0.29) is 5.91 Å². The van der Waals surface area contributed by atoms with Crippen LogP contribution in [-0.2, 0) is 13.6 Å². The standard InChI is InChI=1S/C20H17ClN6O/c1-26(11-14-7-8-22-12-24-14)20(28)13-9-17-19(23-10-13)27(2)18(25-17)15-5-3-4-6-16(15)21/h3-10,12H,11H2,1-2H3. The van der Waals surface area contributed by atoms with Gasteiger partial charge in [0, 0.05) is 32.1 Å². The first-order valence-electron chi connectivity index (χ1n) is 8.62. The number of aromatic nitrogens is 5. The second-order valence-corrected chi connectivity index (χ2v) is 6.81. The smallest absolute Gasteiger partial charge is 0.255 e. The van der Waals surface area contributed by atoms with Crippen LogP contribution in [0.15, 0.2) is 55.1 Å². The molecule has 0 saturated carbocycles. The lowest BCUT2D eigenvalue weighted by Gasteiger charge is -2.16. The lowest BCUT2D eigenvalue weighted by atomic mass is 10.2. The molecule has 0 aliphatic rings. The number of halogens is 1. The van der Waals surface area contributed by atoms with E-state index in [1.54, 1.807) is 36.5 Å². The molecule has 3 heterocycles. The highest BCUT2D eigenvalue weighted by Gasteiger charge is 2.18. The van der Waals surface area contributed by atoms with Gasteiger partial charge in [-0.15, -0.1) is 0 Å². The third kappa shape index (κ3) is 3.32. The SMILES string of the molecule is CN(Cc1ccncn1)C(=O)c1cnc2c(c1)nc(-c1ccccc1Cl)n2C.